The predicted molar refractivity (Wildman–Crippen MR) is 70.5 cm³/mol. The average Bonchev–Trinajstić information content (AvgIpc) is 2.34. The molecule has 0 atom stereocenters. The molecule has 0 aromatic heterocycles. The molecule has 0 unspecified atom stereocenters. The molecule has 0 fully saturated rings. The summed E-state index contributed by atoms with van der Waals surface area (Å²) in [6.45, 7) is 0. The fourth-order valence-corrected chi connectivity index (χ4v) is 2.46. The van der Waals surface area contributed by atoms with Gasteiger partial charge in [-0.15, -0.1) is 0 Å². The zero-order chi connectivity index (χ0) is 14.6. The summed E-state index contributed by atoms with van der Waals surface area (Å²) in [5, 5.41) is 7.32. The van der Waals surface area contributed by atoms with Crippen LogP contribution in [0.4, 0.5) is 0 Å². The first-order chi connectivity index (χ1) is 8.75. The van der Waals surface area contributed by atoms with Crippen LogP contribution in [-0.4, -0.2) is 27.2 Å². The van der Waals surface area contributed by atoms with Crippen molar-refractivity contribution in [3.63, 3.8) is 0 Å². The zero-order valence-electron chi connectivity index (χ0n) is 10.1. The summed E-state index contributed by atoms with van der Waals surface area (Å²) in [7, 11) is -2.52. The Balaban J connectivity index is 2.97. The standard InChI is InChI=1S/C11H13ClN2O4S/c1-14-11(16)5-4-9(15)7-2-3-8(12)10(6-7)19(13,17)18/h2-3,6H,4-5H2,1H3,(H,14,16)(H2,13,17,18). The fraction of sp³-hybridized carbons (Fsp3) is 0.273. The molecule has 0 heterocycles. The van der Waals surface area contributed by atoms with E-state index in [1.807, 2.05) is 0 Å². The Hall–Kier alpha value is -1.44. The van der Waals surface area contributed by atoms with E-state index in [-0.39, 0.29) is 40.0 Å². The highest BCUT2D eigenvalue weighted by atomic mass is 35.5. The Morgan fingerprint density at radius 3 is 2.47 bits per heavy atom. The number of carbonyl (C=O) groups is 2. The van der Waals surface area contributed by atoms with Gasteiger partial charge in [-0.05, 0) is 18.2 Å². The van der Waals surface area contributed by atoms with Gasteiger partial charge in [0.1, 0.15) is 4.90 Å². The summed E-state index contributed by atoms with van der Waals surface area (Å²) in [6.07, 6.45) is 0.00797. The molecule has 0 aliphatic heterocycles. The summed E-state index contributed by atoms with van der Waals surface area (Å²) in [4.78, 5) is 22.5. The van der Waals surface area contributed by atoms with Gasteiger partial charge in [0, 0.05) is 25.5 Å². The third kappa shape index (κ3) is 4.30. The maximum atomic E-state index is 11.8. The van der Waals surface area contributed by atoms with Gasteiger partial charge in [0.05, 0.1) is 5.02 Å². The number of primary sulfonamides is 1. The van der Waals surface area contributed by atoms with Gasteiger partial charge in [-0.25, -0.2) is 13.6 Å². The lowest BCUT2D eigenvalue weighted by molar-refractivity contribution is -0.120. The van der Waals surface area contributed by atoms with Crippen molar-refractivity contribution in [3.05, 3.63) is 28.8 Å². The summed E-state index contributed by atoms with van der Waals surface area (Å²) in [5.74, 6) is -0.626. The molecule has 1 aromatic rings. The lowest BCUT2D eigenvalue weighted by Gasteiger charge is -2.05. The molecule has 19 heavy (non-hydrogen) atoms. The van der Waals surface area contributed by atoms with Crippen LogP contribution in [0.15, 0.2) is 23.1 Å². The van der Waals surface area contributed by atoms with Crippen molar-refractivity contribution >= 4 is 33.3 Å². The monoisotopic (exact) mass is 304 g/mol. The summed E-state index contributed by atoms with van der Waals surface area (Å²) in [6, 6.07) is 3.79. The first-order valence-corrected chi connectivity index (χ1v) is 7.24. The van der Waals surface area contributed by atoms with Gasteiger partial charge in [-0.2, -0.15) is 0 Å². The maximum absolute atomic E-state index is 11.8. The SMILES string of the molecule is CNC(=O)CCC(=O)c1ccc(Cl)c(S(N)(=O)=O)c1. The van der Waals surface area contributed by atoms with Gasteiger partial charge >= 0.3 is 0 Å². The smallest absolute Gasteiger partial charge is 0.239 e. The highest BCUT2D eigenvalue weighted by molar-refractivity contribution is 7.89. The van der Waals surface area contributed by atoms with Crippen LogP contribution in [-0.2, 0) is 14.8 Å². The minimum Gasteiger partial charge on any atom is -0.359 e. The number of rotatable bonds is 5. The summed E-state index contributed by atoms with van der Waals surface area (Å²) in [5.41, 5.74) is 0.150. The van der Waals surface area contributed by atoms with E-state index in [2.05, 4.69) is 5.32 Å². The van der Waals surface area contributed by atoms with E-state index >= 15 is 0 Å². The number of sulfonamides is 1. The van der Waals surface area contributed by atoms with E-state index in [9.17, 15) is 18.0 Å². The van der Waals surface area contributed by atoms with Crippen molar-refractivity contribution in [2.75, 3.05) is 7.05 Å². The molecule has 8 heteroatoms. The van der Waals surface area contributed by atoms with E-state index in [1.54, 1.807) is 0 Å². The number of hydrogen-bond acceptors (Lipinski definition) is 4. The molecule has 0 aliphatic rings. The van der Waals surface area contributed by atoms with E-state index in [4.69, 9.17) is 16.7 Å². The number of carbonyl (C=O) groups excluding carboxylic acids is 2. The van der Waals surface area contributed by atoms with Gasteiger partial charge < -0.3 is 5.32 Å². The normalized spacial score (nSPS) is 11.1. The molecule has 1 rings (SSSR count). The second-order valence-corrected chi connectivity index (χ2v) is 5.72. The molecule has 0 bridgehead atoms. The molecule has 1 aromatic carbocycles. The Morgan fingerprint density at radius 1 is 1.32 bits per heavy atom. The molecule has 0 saturated carbocycles. The van der Waals surface area contributed by atoms with Crippen molar-refractivity contribution < 1.29 is 18.0 Å². The summed E-state index contributed by atoms with van der Waals surface area (Å²) < 4.78 is 22.5. The minimum atomic E-state index is -3.99. The largest absolute Gasteiger partial charge is 0.359 e. The van der Waals surface area contributed by atoms with Crippen LogP contribution in [0.25, 0.3) is 0 Å². The number of amides is 1. The molecular weight excluding hydrogens is 292 g/mol. The number of hydrogen-bond donors (Lipinski definition) is 2. The molecular formula is C11H13ClN2O4S. The molecule has 0 radical (unpaired) electrons. The maximum Gasteiger partial charge on any atom is 0.239 e. The highest BCUT2D eigenvalue weighted by Crippen LogP contribution is 2.22. The van der Waals surface area contributed by atoms with Crippen LogP contribution < -0.4 is 10.5 Å². The van der Waals surface area contributed by atoms with Crippen LogP contribution in [0.1, 0.15) is 23.2 Å². The van der Waals surface area contributed by atoms with Crippen LogP contribution in [0.5, 0.6) is 0 Å². The van der Waals surface area contributed by atoms with Crippen molar-refractivity contribution in [1.29, 1.82) is 0 Å². The third-order valence-corrected chi connectivity index (χ3v) is 3.81. The van der Waals surface area contributed by atoms with Crippen LogP contribution in [0, 0.1) is 0 Å². The molecule has 3 N–H and O–H groups in total. The van der Waals surface area contributed by atoms with E-state index in [0.717, 1.165) is 6.07 Å². The highest BCUT2D eigenvalue weighted by Gasteiger charge is 2.16. The molecule has 1 amide bonds. The van der Waals surface area contributed by atoms with Crippen LogP contribution in [0.3, 0.4) is 0 Å². The Bertz CT molecular complexity index is 613. The van der Waals surface area contributed by atoms with Crippen molar-refractivity contribution in [1.82, 2.24) is 5.32 Å². The first-order valence-electron chi connectivity index (χ1n) is 5.32. The van der Waals surface area contributed by atoms with Crippen molar-refractivity contribution in [3.8, 4) is 0 Å². The Kier molecular flexibility index (Phi) is 5.04. The Morgan fingerprint density at radius 2 is 1.95 bits per heavy atom. The van der Waals surface area contributed by atoms with E-state index in [0.29, 0.717) is 0 Å². The molecule has 6 nitrogen and oxygen atoms in total. The number of halogens is 1. The number of benzene rings is 1. The van der Waals surface area contributed by atoms with Crippen molar-refractivity contribution in [2.45, 2.75) is 17.7 Å². The van der Waals surface area contributed by atoms with Gasteiger partial charge in [0.15, 0.2) is 5.78 Å². The second-order valence-electron chi connectivity index (χ2n) is 3.79. The molecule has 104 valence electrons. The van der Waals surface area contributed by atoms with Gasteiger partial charge in [0.25, 0.3) is 0 Å². The average molecular weight is 305 g/mol. The quantitative estimate of drug-likeness (QED) is 0.781. The zero-order valence-corrected chi connectivity index (χ0v) is 11.7. The fourth-order valence-electron chi connectivity index (χ4n) is 1.39. The number of Topliss-reactive ketones (excluding diaryl/α,β-unsaturated/α-hetero) is 1. The second kappa shape index (κ2) is 6.14. The molecule has 0 saturated heterocycles. The molecule has 0 spiro atoms. The van der Waals surface area contributed by atoms with Gasteiger partial charge in [0.2, 0.25) is 15.9 Å². The lowest BCUT2D eigenvalue weighted by atomic mass is 10.1. The number of ketones is 1. The third-order valence-electron chi connectivity index (χ3n) is 2.42. The topological polar surface area (TPSA) is 106 Å². The van der Waals surface area contributed by atoms with Gasteiger partial charge in [-0.1, -0.05) is 11.6 Å². The van der Waals surface area contributed by atoms with Gasteiger partial charge in [-0.3, -0.25) is 9.59 Å². The predicted octanol–water partition coefficient (Wildman–Crippen LogP) is 0.696. The van der Waals surface area contributed by atoms with Crippen LogP contribution in [0.2, 0.25) is 5.02 Å². The van der Waals surface area contributed by atoms with Crippen molar-refractivity contribution in [2.24, 2.45) is 5.14 Å². The first kappa shape index (κ1) is 15.6. The number of nitrogens with two attached hydrogens (primary N) is 1. The minimum absolute atomic E-state index is 0.0225. The summed E-state index contributed by atoms with van der Waals surface area (Å²) >= 11 is 5.70. The number of nitrogens with one attached hydrogen (secondary N) is 1. The molecule has 0 aliphatic carbocycles. The van der Waals surface area contributed by atoms with E-state index in [1.165, 1.54) is 19.2 Å². The van der Waals surface area contributed by atoms with E-state index < -0.39 is 10.0 Å². The Labute approximate surface area is 116 Å². The van der Waals surface area contributed by atoms with Crippen LogP contribution >= 0.6 is 11.6 Å². The lowest BCUT2D eigenvalue weighted by Crippen LogP contribution is -2.19.